The largest absolute Gasteiger partial charge is 0.309 e. The molecule has 0 bridgehead atoms. The number of piperazine rings is 1. The molecule has 1 heterocycles. The summed E-state index contributed by atoms with van der Waals surface area (Å²) in [5, 5.41) is 3.74. The molecule has 20 heavy (non-hydrogen) atoms. The smallest absolute Gasteiger partial charge is 0.0333 e. The lowest BCUT2D eigenvalue weighted by molar-refractivity contribution is 0.00221. The van der Waals surface area contributed by atoms with Crippen LogP contribution in [0.5, 0.6) is 0 Å². The van der Waals surface area contributed by atoms with E-state index in [-0.39, 0.29) is 5.54 Å². The zero-order chi connectivity index (χ0) is 14.8. The molecule has 0 saturated carbocycles. The SMILES string of the molecule is CCC1(CC)CNC(C)(C)CN1Cc1ccccc1C. The predicted molar refractivity (Wildman–Crippen MR) is 87.0 cm³/mol. The standard InChI is InChI=1S/C18H30N2/c1-6-18(7-2)13-19-17(4,5)14-20(18)12-16-11-9-8-10-15(16)3/h8-11,19H,6-7,12-14H2,1-5H3. The monoisotopic (exact) mass is 274 g/mol. The lowest BCUT2D eigenvalue weighted by Gasteiger charge is -2.52. The van der Waals surface area contributed by atoms with Crippen LogP contribution in [-0.4, -0.2) is 29.1 Å². The summed E-state index contributed by atoms with van der Waals surface area (Å²) >= 11 is 0. The van der Waals surface area contributed by atoms with Crippen molar-refractivity contribution in [1.82, 2.24) is 10.2 Å². The summed E-state index contributed by atoms with van der Waals surface area (Å²) in [5.41, 5.74) is 3.38. The molecule has 112 valence electrons. The third-order valence-corrected chi connectivity index (χ3v) is 5.09. The number of hydrogen-bond donors (Lipinski definition) is 1. The van der Waals surface area contributed by atoms with E-state index in [4.69, 9.17) is 0 Å². The van der Waals surface area contributed by atoms with Gasteiger partial charge in [0.15, 0.2) is 0 Å². The van der Waals surface area contributed by atoms with Crippen molar-refractivity contribution in [2.75, 3.05) is 13.1 Å². The molecule has 1 aromatic rings. The number of nitrogens with zero attached hydrogens (tertiary/aromatic N) is 1. The van der Waals surface area contributed by atoms with Crippen molar-refractivity contribution >= 4 is 0 Å². The molecule has 0 aromatic heterocycles. The highest BCUT2D eigenvalue weighted by Crippen LogP contribution is 2.31. The van der Waals surface area contributed by atoms with Gasteiger partial charge < -0.3 is 5.32 Å². The van der Waals surface area contributed by atoms with Crippen molar-refractivity contribution in [1.29, 1.82) is 0 Å². The Balaban J connectivity index is 2.26. The van der Waals surface area contributed by atoms with E-state index in [1.54, 1.807) is 0 Å². The number of nitrogens with one attached hydrogen (secondary N) is 1. The average Bonchev–Trinajstić information content (AvgIpc) is 2.42. The third-order valence-electron chi connectivity index (χ3n) is 5.09. The maximum absolute atomic E-state index is 3.74. The average molecular weight is 274 g/mol. The predicted octanol–water partition coefficient (Wildman–Crippen LogP) is 3.74. The molecule has 2 nitrogen and oxygen atoms in total. The molecular weight excluding hydrogens is 244 g/mol. The highest BCUT2D eigenvalue weighted by molar-refractivity contribution is 5.26. The van der Waals surface area contributed by atoms with Crippen molar-refractivity contribution < 1.29 is 0 Å². The summed E-state index contributed by atoms with van der Waals surface area (Å²) < 4.78 is 0. The van der Waals surface area contributed by atoms with E-state index in [1.165, 1.54) is 24.0 Å². The van der Waals surface area contributed by atoms with Crippen molar-refractivity contribution in [3.63, 3.8) is 0 Å². The van der Waals surface area contributed by atoms with Crippen LogP contribution in [0.3, 0.4) is 0 Å². The maximum Gasteiger partial charge on any atom is 0.0333 e. The van der Waals surface area contributed by atoms with Crippen molar-refractivity contribution in [3.8, 4) is 0 Å². The Labute approximate surface area is 124 Å². The van der Waals surface area contributed by atoms with Gasteiger partial charge in [0.2, 0.25) is 0 Å². The quantitative estimate of drug-likeness (QED) is 0.900. The van der Waals surface area contributed by atoms with Crippen LogP contribution in [0.4, 0.5) is 0 Å². The minimum atomic E-state index is 0.205. The first-order chi connectivity index (χ1) is 9.42. The molecule has 0 unspecified atom stereocenters. The van der Waals surface area contributed by atoms with Crippen LogP contribution >= 0.6 is 0 Å². The molecule has 0 radical (unpaired) electrons. The Morgan fingerprint density at radius 1 is 1.15 bits per heavy atom. The number of benzene rings is 1. The van der Waals surface area contributed by atoms with Crippen molar-refractivity contribution in [2.45, 2.75) is 65.1 Å². The summed E-state index contributed by atoms with van der Waals surface area (Å²) in [6.45, 7) is 14.8. The number of aryl methyl sites for hydroxylation is 1. The molecule has 0 spiro atoms. The molecule has 0 amide bonds. The lowest BCUT2D eigenvalue weighted by Crippen LogP contribution is -2.67. The van der Waals surface area contributed by atoms with Crippen LogP contribution < -0.4 is 5.32 Å². The fraction of sp³-hybridized carbons (Fsp3) is 0.667. The summed E-state index contributed by atoms with van der Waals surface area (Å²) in [6, 6.07) is 8.80. The van der Waals surface area contributed by atoms with E-state index in [0.717, 1.165) is 19.6 Å². The van der Waals surface area contributed by atoms with Crippen LogP contribution in [0.15, 0.2) is 24.3 Å². The van der Waals surface area contributed by atoms with Gasteiger partial charge in [-0.25, -0.2) is 0 Å². The fourth-order valence-corrected chi connectivity index (χ4v) is 3.38. The Hall–Kier alpha value is -0.860. The van der Waals surface area contributed by atoms with Gasteiger partial charge in [0.1, 0.15) is 0 Å². The van der Waals surface area contributed by atoms with Gasteiger partial charge in [0.25, 0.3) is 0 Å². The molecule has 0 aliphatic carbocycles. The molecular formula is C18H30N2. The topological polar surface area (TPSA) is 15.3 Å². The minimum Gasteiger partial charge on any atom is -0.309 e. The highest BCUT2D eigenvalue weighted by atomic mass is 15.3. The van der Waals surface area contributed by atoms with E-state index in [9.17, 15) is 0 Å². The second kappa shape index (κ2) is 5.87. The summed E-state index contributed by atoms with van der Waals surface area (Å²) in [7, 11) is 0. The van der Waals surface area contributed by atoms with E-state index in [1.807, 2.05) is 0 Å². The zero-order valence-corrected chi connectivity index (χ0v) is 13.8. The van der Waals surface area contributed by atoms with Crippen LogP contribution in [-0.2, 0) is 6.54 Å². The molecule has 1 saturated heterocycles. The molecule has 2 rings (SSSR count). The van der Waals surface area contributed by atoms with Gasteiger partial charge >= 0.3 is 0 Å². The van der Waals surface area contributed by atoms with Crippen LogP contribution in [0.2, 0.25) is 0 Å². The van der Waals surface area contributed by atoms with Gasteiger partial charge in [-0.05, 0) is 44.7 Å². The third kappa shape index (κ3) is 3.07. The summed E-state index contributed by atoms with van der Waals surface area (Å²) in [6.07, 6.45) is 2.41. The number of rotatable bonds is 4. The van der Waals surface area contributed by atoms with Gasteiger partial charge in [0, 0.05) is 30.7 Å². The van der Waals surface area contributed by atoms with Crippen molar-refractivity contribution in [2.24, 2.45) is 0 Å². The molecule has 1 fully saturated rings. The lowest BCUT2D eigenvalue weighted by atomic mass is 9.83. The van der Waals surface area contributed by atoms with Gasteiger partial charge in [0.05, 0.1) is 0 Å². The summed E-state index contributed by atoms with van der Waals surface area (Å²) in [5.74, 6) is 0. The molecule has 2 heteroatoms. The molecule has 1 aliphatic heterocycles. The summed E-state index contributed by atoms with van der Waals surface area (Å²) in [4.78, 5) is 2.71. The second-order valence-corrected chi connectivity index (χ2v) is 6.95. The van der Waals surface area contributed by atoms with Gasteiger partial charge in [-0.2, -0.15) is 0 Å². The van der Waals surface area contributed by atoms with E-state index >= 15 is 0 Å². The Morgan fingerprint density at radius 3 is 2.40 bits per heavy atom. The van der Waals surface area contributed by atoms with Gasteiger partial charge in [-0.3, -0.25) is 4.90 Å². The molecule has 1 aliphatic rings. The first kappa shape index (κ1) is 15.5. The fourth-order valence-electron chi connectivity index (χ4n) is 3.38. The van der Waals surface area contributed by atoms with E-state index in [2.05, 4.69) is 69.1 Å². The normalized spacial score (nSPS) is 21.9. The minimum absolute atomic E-state index is 0.205. The number of hydrogen-bond acceptors (Lipinski definition) is 2. The van der Waals surface area contributed by atoms with Crippen LogP contribution in [0, 0.1) is 6.92 Å². The van der Waals surface area contributed by atoms with Crippen LogP contribution in [0.1, 0.15) is 51.7 Å². The first-order valence-electron chi connectivity index (χ1n) is 7.97. The Kier molecular flexibility index (Phi) is 4.55. The van der Waals surface area contributed by atoms with Gasteiger partial charge in [-0.1, -0.05) is 38.1 Å². The second-order valence-electron chi connectivity index (χ2n) is 6.95. The van der Waals surface area contributed by atoms with Gasteiger partial charge in [-0.15, -0.1) is 0 Å². The molecule has 1 N–H and O–H groups in total. The van der Waals surface area contributed by atoms with E-state index < -0.39 is 0 Å². The zero-order valence-electron chi connectivity index (χ0n) is 13.8. The molecule has 0 atom stereocenters. The highest BCUT2D eigenvalue weighted by Gasteiger charge is 2.41. The van der Waals surface area contributed by atoms with Crippen LogP contribution in [0.25, 0.3) is 0 Å². The Morgan fingerprint density at radius 2 is 1.80 bits per heavy atom. The molecule has 1 aromatic carbocycles. The van der Waals surface area contributed by atoms with E-state index in [0.29, 0.717) is 5.54 Å². The Bertz CT molecular complexity index is 446. The van der Waals surface area contributed by atoms with Crippen molar-refractivity contribution in [3.05, 3.63) is 35.4 Å². The first-order valence-corrected chi connectivity index (χ1v) is 7.97. The maximum atomic E-state index is 3.74.